The SMILES string of the molecule is CN(CCN)c1ccc(Nc2nc(NC3CC3)c3ncc(C#N)n3n2)cc1C[S+](C)[O-]. The first-order chi connectivity index (χ1) is 15.0. The van der Waals surface area contributed by atoms with E-state index in [-0.39, 0.29) is 0 Å². The highest BCUT2D eigenvalue weighted by Crippen LogP contribution is 2.29. The van der Waals surface area contributed by atoms with E-state index in [0.29, 0.717) is 48.0 Å². The molecule has 31 heavy (non-hydrogen) atoms. The molecule has 1 aliphatic rings. The summed E-state index contributed by atoms with van der Waals surface area (Å²) in [6.07, 6.45) is 5.34. The van der Waals surface area contributed by atoms with Crippen LogP contribution in [0.5, 0.6) is 0 Å². The molecule has 0 radical (unpaired) electrons. The first kappa shape index (κ1) is 21.2. The van der Waals surface area contributed by atoms with Gasteiger partial charge in [-0.3, -0.25) is 0 Å². The zero-order valence-corrected chi connectivity index (χ0v) is 18.3. The predicted octanol–water partition coefficient (Wildman–Crippen LogP) is 1.59. The number of fused-ring (bicyclic) bond motifs is 1. The third-order valence-electron chi connectivity index (χ3n) is 4.97. The fourth-order valence-corrected chi connectivity index (χ4v) is 4.01. The highest BCUT2D eigenvalue weighted by Gasteiger charge is 2.24. The normalized spacial score (nSPS) is 14.3. The quantitative estimate of drug-likeness (QED) is 0.423. The number of hydrogen-bond donors (Lipinski definition) is 3. The molecule has 1 aromatic carbocycles. The van der Waals surface area contributed by atoms with E-state index in [1.807, 2.05) is 25.2 Å². The number of benzene rings is 1. The molecule has 1 fully saturated rings. The molecule has 4 rings (SSSR count). The lowest BCUT2D eigenvalue weighted by Gasteiger charge is -2.22. The molecule has 2 aromatic heterocycles. The standard InChI is InChI=1S/C20H25N9OS/c1-28(8-7-21)17-6-5-15(9-13(17)12-31(2)30)25-20-26-18(24-14-3-4-14)19-23-11-16(10-22)29(19)27-20/h5-6,9,11,14H,3-4,7-8,12,21H2,1-2H3,(H2,24,25,26,27). The van der Waals surface area contributed by atoms with Gasteiger partial charge in [0.05, 0.1) is 12.5 Å². The van der Waals surface area contributed by atoms with Crippen molar-refractivity contribution in [3.8, 4) is 6.07 Å². The van der Waals surface area contributed by atoms with Crippen molar-refractivity contribution in [2.75, 3.05) is 41.9 Å². The van der Waals surface area contributed by atoms with Crippen molar-refractivity contribution in [1.29, 1.82) is 5.26 Å². The number of nitrogens with zero attached hydrogens (tertiary/aromatic N) is 6. The largest absolute Gasteiger partial charge is 0.616 e. The minimum atomic E-state index is -0.998. The van der Waals surface area contributed by atoms with Crippen molar-refractivity contribution in [2.45, 2.75) is 24.6 Å². The molecule has 3 aromatic rings. The van der Waals surface area contributed by atoms with Gasteiger partial charge in [-0.1, -0.05) is 11.2 Å². The summed E-state index contributed by atoms with van der Waals surface area (Å²) in [6.45, 7) is 1.23. The molecule has 1 atom stereocenters. The molecule has 0 saturated heterocycles. The van der Waals surface area contributed by atoms with Crippen LogP contribution in [0.25, 0.3) is 5.65 Å². The molecule has 1 aliphatic carbocycles. The summed E-state index contributed by atoms with van der Waals surface area (Å²) in [4.78, 5) is 10.9. The highest BCUT2D eigenvalue weighted by molar-refractivity contribution is 7.89. The van der Waals surface area contributed by atoms with Crippen LogP contribution in [0.3, 0.4) is 0 Å². The van der Waals surface area contributed by atoms with Gasteiger partial charge in [0.2, 0.25) is 5.95 Å². The Hall–Kier alpha value is -3.07. The molecular formula is C20H25N9OS. The van der Waals surface area contributed by atoms with Crippen molar-refractivity contribution in [1.82, 2.24) is 19.6 Å². The third kappa shape index (κ3) is 4.82. The van der Waals surface area contributed by atoms with E-state index < -0.39 is 11.2 Å². The number of rotatable bonds is 9. The van der Waals surface area contributed by atoms with Gasteiger partial charge in [-0.05, 0) is 31.0 Å². The van der Waals surface area contributed by atoms with Crippen LogP contribution in [0.2, 0.25) is 0 Å². The second-order valence-electron chi connectivity index (χ2n) is 7.59. The van der Waals surface area contributed by atoms with Gasteiger partial charge in [0, 0.05) is 43.1 Å². The lowest BCUT2D eigenvalue weighted by molar-refractivity contribution is 0.600. The maximum atomic E-state index is 11.9. The number of imidazole rings is 1. The summed E-state index contributed by atoms with van der Waals surface area (Å²) in [6, 6.07) is 8.32. The van der Waals surface area contributed by atoms with Crippen molar-refractivity contribution in [3.63, 3.8) is 0 Å². The number of nitriles is 1. The summed E-state index contributed by atoms with van der Waals surface area (Å²) in [5, 5.41) is 20.4. The van der Waals surface area contributed by atoms with Gasteiger partial charge in [-0.2, -0.15) is 14.8 Å². The average molecular weight is 440 g/mol. The number of anilines is 4. The third-order valence-corrected chi connectivity index (χ3v) is 5.68. The molecule has 1 saturated carbocycles. The number of hydrogen-bond acceptors (Lipinski definition) is 9. The Kier molecular flexibility index (Phi) is 6.13. The molecule has 4 N–H and O–H groups in total. The van der Waals surface area contributed by atoms with Crippen molar-refractivity contribution < 1.29 is 4.55 Å². The molecule has 0 spiro atoms. The van der Waals surface area contributed by atoms with Crippen LogP contribution in [0, 0.1) is 11.3 Å². The zero-order chi connectivity index (χ0) is 22.0. The number of nitrogens with one attached hydrogen (secondary N) is 2. The fourth-order valence-electron chi connectivity index (χ4n) is 3.34. The monoisotopic (exact) mass is 439 g/mol. The summed E-state index contributed by atoms with van der Waals surface area (Å²) >= 11 is -0.998. The topological polar surface area (TPSA) is 143 Å². The van der Waals surface area contributed by atoms with Crippen LogP contribution < -0.4 is 21.3 Å². The van der Waals surface area contributed by atoms with Crippen LogP contribution in [0.4, 0.5) is 23.1 Å². The minimum absolute atomic E-state index is 0.333. The molecule has 10 nitrogen and oxygen atoms in total. The van der Waals surface area contributed by atoms with Crippen LogP contribution in [0.1, 0.15) is 24.1 Å². The van der Waals surface area contributed by atoms with Gasteiger partial charge in [-0.25, -0.2) is 4.98 Å². The van der Waals surface area contributed by atoms with Gasteiger partial charge in [0.15, 0.2) is 17.2 Å². The van der Waals surface area contributed by atoms with E-state index >= 15 is 0 Å². The number of aromatic nitrogens is 4. The van der Waals surface area contributed by atoms with Gasteiger partial charge in [0.1, 0.15) is 11.8 Å². The van der Waals surface area contributed by atoms with Gasteiger partial charge < -0.3 is 25.8 Å². The first-order valence-corrected chi connectivity index (χ1v) is 11.7. The maximum absolute atomic E-state index is 11.9. The van der Waals surface area contributed by atoms with Crippen LogP contribution in [-0.4, -0.2) is 56.6 Å². The molecule has 0 amide bonds. The van der Waals surface area contributed by atoms with E-state index in [1.165, 1.54) is 10.7 Å². The molecule has 11 heteroatoms. The van der Waals surface area contributed by atoms with E-state index in [2.05, 4.69) is 36.7 Å². The Labute approximate surface area is 183 Å². The van der Waals surface area contributed by atoms with Crippen LogP contribution in [0.15, 0.2) is 24.4 Å². The number of likely N-dealkylation sites (N-methyl/N-ethyl adjacent to an activating group) is 1. The van der Waals surface area contributed by atoms with Gasteiger partial charge >= 0.3 is 0 Å². The van der Waals surface area contributed by atoms with Gasteiger partial charge in [0.25, 0.3) is 0 Å². The molecule has 0 bridgehead atoms. The lowest BCUT2D eigenvalue weighted by Crippen LogP contribution is -2.26. The maximum Gasteiger partial charge on any atom is 0.247 e. The van der Waals surface area contributed by atoms with E-state index in [0.717, 1.165) is 29.8 Å². The van der Waals surface area contributed by atoms with Crippen molar-refractivity contribution >= 4 is 40.0 Å². The lowest BCUT2D eigenvalue weighted by atomic mass is 10.1. The van der Waals surface area contributed by atoms with Crippen molar-refractivity contribution in [3.05, 3.63) is 35.7 Å². The molecule has 0 aliphatic heterocycles. The molecule has 2 heterocycles. The van der Waals surface area contributed by atoms with E-state index in [9.17, 15) is 9.81 Å². The molecular weight excluding hydrogens is 414 g/mol. The Morgan fingerprint density at radius 1 is 1.42 bits per heavy atom. The van der Waals surface area contributed by atoms with E-state index in [1.54, 1.807) is 6.26 Å². The Morgan fingerprint density at radius 3 is 2.90 bits per heavy atom. The highest BCUT2D eigenvalue weighted by atomic mass is 32.2. The second kappa shape index (κ2) is 8.97. The summed E-state index contributed by atoms with van der Waals surface area (Å²) < 4.78 is 13.4. The fraction of sp³-hybridized carbons (Fsp3) is 0.400. The first-order valence-electron chi connectivity index (χ1n) is 10.0. The second-order valence-corrected chi connectivity index (χ2v) is 9.02. The zero-order valence-electron chi connectivity index (χ0n) is 17.5. The summed E-state index contributed by atoms with van der Waals surface area (Å²) in [7, 11) is 1.96. The van der Waals surface area contributed by atoms with Crippen molar-refractivity contribution in [2.24, 2.45) is 5.73 Å². The smallest absolute Gasteiger partial charge is 0.247 e. The van der Waals surface area contributed by atoms with Gasteiger partial charge in [-0.15, -0.1) is 5.10 Å². The Balaban J connectivity index is 1.68. The number of nitrogens with two attached hydrogens (primary N) is 1. The Bertz CT molecular complexity index is 1120. The predicted molar refractivity (Wildman–Crippen MR) is 122 cm³/mol. The molecule has 162 valence electrons. The summed E-state index contributed by atoms with van der Waals surface area (Å²) in [5.74, 6) is 1.36. The van der Waals surface area contributed by atoms with E-state index in [4.69, 9.17) is 5.73 Å². The Morgan fingerprint density at radius 2 is 2.23 bits per heavy atom. The van der Waals surface area contributed by atoms with Crippen LogP contribution in [-0.2, 0) is 16.9 Å². The minimum Gasteiger partial charge on any atom is -0.616 e. The average Bonchev–Trinajstić information content (AvgIpc) is 3.44. The summed E-state index contributed by atoms with van der Waals surface area (Å²) in [5.41, 5.74) is 9.25. The van der Waals surface area contributed by atoms with Crippen LogP contribution >= 0.6 is 0 Å². The molecule has 1 unspecified atom stereocenters.